The minimum Gasteiger partial charge on any atom is -0.353 e. The SMILES string of the molecule is CCC1CCCCCN1c1cc(Cl)nc(C)n1. The summed E-state index contributed by atoms with van der Waals surface area (Å²) in [6, 6.07) is 2.49. The molecule has 0 radical (unpaired) electrons. The molecule has 1 atom stereocenters. The summed E-state index contributed by atoms with van der Waals surface area (Å²) in [5, 5.41) is 0.548. The van der Waals surface area contributed by atoms with Crippen molar-refractivity contribution in [1.29, 1.82) is 0 Å². The molecule has 17 heavy (non-hydrogen) atoms. The Bertz CT molecular complexity index is 361. The van der Waals surface area contributed by atoms with E-state index in [1.54, 1.807) is 0 Å². The average molecular weight is 254 g/mol. The highest BCUT2D eigenvalue weighted by Crippen LogP contribution is 2.25. The van der Waals surface area contributed by atoms with Crippen LogP contribution in [0.15, 0.2) is 6.07 Å². The predicted octanol–water partition coefficient (Wildman–Crippen LogP) is 3.60. The van der Waals surface area contributed by atoms with Gasteiger partial charge in [-0.2, -0.15) is 0 Å². The smallest absolute Gasteiger partial charge is 0.134 e. The van der Waals surface area contributed by atoms with Crippen molar-refractivity contribution in [3.8, 4) is 0 Å². The number of hydrogen-bond acceptors (Lipinski definition) is 3. The minimum absolute atomic E-state index is 0.548. The Balaban J connectivity index is 2.27. The fraction of sp³-hybridized carbons (Fsp3) is 0.692. The van der Waals surface area contributed by atoms with Gasteiger partial charge < -0.3 is 4.90 Å². The van der Waals surface area contributed by atoms with Crippen LogP contribution in [0.5, 0.6) is 0 Å². The monoisotopic (exact) mass is 253 g/mol. The van der Waals surface area contributed by atoms with E-state index < -0.39 is 0 Å². The van der Waals surface area contributed by atoms with Gasteiger partial charge in [0.25, 0.3) is 0 Å². The number of halogens is 1. The molecule has 0 saturated carbocycles. The highest BCUT2D eigenvalue weighted by molar-refractivity contribution is 6.29. The van der Waals surface area contributed by atoms with Crippen LogP contribution < -0.4 is 4.90 Å². The molecule has 2 rings (SSSR count). The van der Waals surface area contributed by atoms with Crippen molar-refractivity contribution in [2.45, 2.75) is 52.0 Å². The fourth-order valence-electron chi connectivity index (χ4n) is 2.57. The molecule has 0 bridgehead atoms. The van der Waals surface area contributed by atoms with Crippen molar-refractivity contribution < 1.29 is 0 Å². The maximum Gasteiger partial charge on any atom is 0.134 e. The lowest BCUT2D eigenvalue weighted by molar-refractivity contribution is 0.551. The molecular formula is C13H20ClN3. The lowest BCUT2D eigenvalue weighted by Crippen LogP contribution is -2.35. The summed E-state index contributed by atoms with van der Waals surface area (Å²) in [4.78, 5) is 11.1. The maximum absolute atomic E-state index is 6.02. The molecule has 1 unspecified atom stereocenters. The number of anilines is 1. The molecule has 1 aromatic rings. The molecule has 0 aliphatic carbocycles. The van der Waals surface area contributed by atoms with Crippen molar-refractivity contribution in [2.24, 2.45) is 0 Å². The molecule has 1 aromatic heterocycles. The molecule has 0 aromatic carbocycles. The van der Waals surface area contributed by atoms with E-state index in [0.29, 0.717) is 11.2 Å². The zero-order valence-corrected chi connectivity index (χ0v) is 11.4. The van der Waals surface area contributed by atoms with Crippen LogP contribution in [-0.2, 0) is 0 Å². The summed E-state index contributed by atoms with van der Waals surface area (Å²) in [6.07, 6.45) is 6.33. The quantitative estimate of drug-likeness (QED) is 0.754. The first-order valence-electron chi connectivity index (χ1n) is 6.48. The van der Waals surface area contributed by atoms with Gasteiger partial charge >= 0.3 is 0 Å². The average Bonchev–Trinajstić information content (AvgIpc) is 2.52. The lowest BCUT2D eigenvalue weighted by Gasteiger charge is -2.30. The van der Waals surface area contributed by atoms with E-state index >= 15 is 0 Å². The summed E-state index contributed by atoms with van der Waals surface area (Å²) in [7, 11) is 0. The Kier molecular flexibility index (Phi) is 4.21. The van der Waals surface area contributed by atoms with E-state index in [1.807, 2.05) is 13.0 Å². The van der Waals surface area contributed by atoms with Gasteiger partial charge in [0.2, 0.25) is 0 Å². The molecule has 1 fully saturated rings. The predicted molar refractivity (Wildman–Crippen MR) is 71.7 cm³/mol. The summed E-state index contributed by atoms with van der Waals surface area (Å²) < 4.78 is 0. The van der Waals surface area contributed by atoms with Gasteiger partial charge in [0.15, 0.2) is 0 Å². The standard InChI is InChI=1S/C13H20ClN3/c1-3-11-7-5-4-6-8-17(11)13-9-12(14)15-10(2)16-13/h9,11H,3-8H2,1-2H3. The third-order valence-corrected chi connectivity index (χ3v) is 3.63. The Morgan fingerprint density at radius 2 is 2.18 bits per heavy atom. The summed E-state index contributed by atoms with van der Waals surface area (Å²) in [6.45, 7) is 5.23. The lowest BCUT2D eigenvalue weighted by atomic mass is 10.1. The molecule has 2 heterocycles. The zero-order chi connectivity index (χ0) is 12.3. The van der Waals surface area contributed by atoms with Crippen molar-refractivity contribution in [2.75, 3.05) is 11.4 Å². The molecule has 1 aliphatic heterocycles. The Hall–Kier alpha value is -0.830. The van der Waals surface area contributed by atoms with Crippen LogP contribution in [0, 0.1) is 6.92 Å². The van der Waals surface area contributed by atoms with E-state index in [9.17, 15) is 0 Å². The fourth-order valence-corrected chi connectivity index (χ4v) is 2.79. The van der Waals surface area contributed by atoms with Crippen molar-refractivity contribution in [3.05, 3.63) is 17.0 Å². The van der Waals surface area contributed by atoms with Gasteiger partial charge in [0.1, 0.15) is 16.8 Å². The molecule has 94 valence electrons. The third-order valence-electron chi connectivity index (χ3n) is 3.44. The largest absolute Gasteiger partial charge is 0.353 e. The topological polar surface area (TPSA) is 29.0 Å². The Morgan fingerprint density at radius 3 is 2.88 bits per heavy atom. The van der Waals surface area contributed by atoms with Crippen LogP contribution in [0.25, 0.3) is 0 Å². The van der Waals surface area contributed by atoms with Crippen LogP contribution in [0.3, 0.4) is 0 Å². The van der Waals surface area contributed by atoms with Crippen LogP contribution in [0.2, 0.25) is 5.15 Å². The molecule has 0 N–H and O–H groups in total. The summed E-state index contributed by atoms with van der Waals surface area (Å²) in [5.41, 5.74) is 0. The van der Waals surface area contributed by atoms with E-state index in [1.165, 1.54) is 32.1 Å². The molecule has 1 saturated heterocycles. The van der Waals surface area contributed by atoms with Gasteiger partial charge in [-0.3, -0.25) is 0 Å². The van der Waals surface area contributed by atoms with Crippen LogP contribution >= 0.6 is 11.6 Å². The number of nitrogens with zero attached hydrogens (tertiary/aromatic N) is 3. The van der Waals surface area contributed by atoms with Gasteiger partial charge in [-0.25, -0.2) is 9.97 Å². The maximum atomic E-state index is 6.02. The molecule has 0 amide bonds. The van der Waals surface area contributed by atoms with Crippen LogP contribution in [0.1, 0.15) is 44.9 Å². The van der Waals surface area contributed by atoms with E-state index in [0.717, 1.165) is 18.2 Å². The number of hydrogen-bond donors (Lipinski definition) is 0. The van der Waals surface area contributed by atoms with Crippen LogP contribution in [0.4, 0.5) is 5.82 Å². The van der Waals surface area contributed by atoms with Crippen molar-refractivity contribution >= 4 is 17.4 Å². The van der Waals surface area contributed by atoms with E-state index in [4.69, 9.17) is 11.6 Å². The number of aryl methyl sites for hydroxylation is 1. The normalized spacial score (nSPS) is 21.4. The second kappa shape index (κ2) is 5.67. The minimum atomic E-state index is 0.548. The molecule has 4 heteroatoms. The van der Waals surface area contributed by atoms with Gasteiger partial charge in [-0.05, 0) is 26.2 Å². The van der Waals surface area contributed by atoms with Gasteiger partial charge in [0.05, 0.1) is 0 Å². The first kappa shape index (κ1) is 12.6. The first-order chi connectivity index (χ1) is 8.20. The zero-order valence-electron chi connectivity index (χ0n) is 10.6. The van der Waals surface area contributed by atoms with Gasteiger partial charge in [-0.15, -0.1) is 0 Å². The Morgan fingerprint density at radius 1 is 1.35 bits per heavy atom. The second-order valence-corrected chi connectivity index (χ2v) is 5.09. The van der Waals surface area contributed by atoms with Gasteiger partial charge in [0, 0.05) is 18.7 Å². The summed E-state index contributed by atoms with van der Waals surface area (Å²) in [5.74, 6) is 1.75. The van der Waals surface area contributed by atoms with E-state index in [-0.39, 0.29) is 0 Å². The Labute approximate surface area is 108 Å². The summed E-state index contributed by atoms with van der Waals surface area (Å²) >= 11 is 6.02. The molecule has 0 spiro atoms. The molecule has 3 nitrogen and oxygen atoms in total. The van der Waals surface area contributed by atoms with Gasteiger partial charge in [-0.1, -0.05) is 31.4 Å². The number of aromatic nitrogens is 2. The van der Waals surface area contributed by atoms with Crippen LogP contribution in [-0.4, -0.2) is 22.6 Å². The first-order valence-corrected chi connectivity index (χ1v) is 6.86. The molecular weight excluding hydrogens is 234 g/mol. The highest BCUT2D eigenvalue weighted by atomic mass is 35.5. The second-order valence-electron chi connectivity index (χ2n) is 4.70. The third kappa shape index (κ3) is 3.09. The van der Waals surface area contributed by atoms with Crippen molar-refractivity contribution in [3.63, 3.8) is 0 Å². The number of rotatable bonds is 2. The van der Waals surface area contributed by atoms with E-state index in [2.05, 4.69) is 21.8 Å². The highest BCUT2D eigenvalue weighted by Gasteiger charge is 2.21. The molecule has 1 aliphatic rings. The van der Waals surface area contributed by atoms with Crippen molar-refractivity contribution in [1.82, 2.24) is 9.97 Å².